The van der Waals surface area contributed by atoms with Crippen molar-refractivity contribution in [2.24, 2.45) is 0 Å². The quantitative estimate of drug-likeness (QED) is 0.864. The fourth-order valence-corrected chi connectivity index (χ4v) is 2.74. The van der Waals surface area contributed by atoms with Crippen LogP contribution in [0, 0.1) is 0 Å². The Balaban J connectivity index is 2.06. The van der Waals surface area contributed by atoms with Crippen molar-refractivity contribution in [1.82, 2.24) is 10.2 Å². The molecule has 1 heterocycles. The Hall–Kier alpha value is -1.79. The molecule has 0 aliphatic carbocycles. The van der Waals surface area contributed by atoms with Crippen LogP contribution in [-0.2, 0) is 9.59 Å². The maximum Gasteiger partial charge on any atom is 0.293 e. The number of imide groups is 1. The van der Waals surface area contributed by atoms with E-state index in [2.05, 4.69) is 5.32 Å². The average molecular weight is 325 g/mol. The van der Waals surface area contributed by atoms with E-state index in [1.807, 2.05) is 0 Å². The fourth-order valence-electron chi connectivity index (χ4n) is 1.75. The number of rotatable bonds is 4. The standard InChI is InChI=1S/C14H13ClN2O3S/c1-9(18)16-6-7-17-13(19)12(21-14(17)20)8-10-2-4-11(15)5-3-10/h2-5,8H,6-7H2,1H3,(H,16,18)/b12-8-. The first-order valence-corrected chi connectivity index (χ1v) is 7.42. The van der Waals surface area contributed by atoms with E-state index in [9.17, 15) is 14.4 Å². The second-order valence-corrected chi connectivity index (χ2v) is 5.80. The summed E-state index contributed by atoms with van der Waals surface area (Å²) in [7, 11) is 0. The largest absolute Gasteiger partial charge is 0.355 e. The maximum atomic E-state index is 12.1. The number of carbonyl (C=O) groups is 3. The van der Waals surface area contributed by atoms with E-state index in [0.717, 1.165) is 22.2 Å². The van der Waals surface area contributed by atoms with Gasteiger partial charge in [-0.3, -0.25) is 19.3 Å². The van der Waals surface area contributed by atoms with Gasteiger partial charge in [0, 0.05) is 25.0 Å². The zero-order chi connectivity index (χ0) is 15.4. The first-order valence-electron chi connectivity index (χ1n) is 6.23. The number of thioether (sulfide) groups is 1. The topological polar surface area (TPSA) is 66.5 Å². The van der Waals surface area contributed by atoms with E-state index in [-0.39, 0.29) is 30.1 Å². The minimum atomic E-state index is -0.342. The molecule has 3 amide bonds. The lowest BCUT2D eigenvalue weighted by atomic mass is 10.2. The van der Waals surface area contributed by atoms with Crippen molar-refractivity contribution in [3.63, 3.8) is 0 Å². The number of nitrogens with zero attached hydrogens (tertiary/aromatic N) is 1. The molecule has 1 fully saturated rings. The third-order valence-corrected chi connectivity index (χ3v) is 3.91. The third kappa shape index (κ3) is 4.09. The number of benzene rings is 1. The summed E-state index contributed by atoms with van der Waals surface area (Å²) in [5.74, 6) is -0.538. The second-order valence-electron chi connectivity index (χ2n) is 4.37. The normalized spacial score (nSPS) is 16.7. The summed E-state index contributed by atoms with van der Waals surface area (Å²) in [6.45, 7) is 1.80. The number of halogens is 1. The molecule has 1 aliphatic rings. The number of amides is 3. The highest BCUT2D eigenvalue weighted by Crippen LogP contribution is 2.31. The third-order valence-electron chi connectivity index (χ3n) is 2.75. The predicted molar refractivity (Wildman–Crippen MR) is 82.8 cm³/mol. The molecule has 2 rings (SSSR count). The molecule has 0 saturated carbocycles. The Morgan fingerprint density at radius 2 is 2.00 bits per heavy atom. The van der Waals surface area contributed by atoms with Crippen LogP contribution < -0.4 is 5.32 Å². The van der Waals surface area contributed by atoms with Gasteiger partial charge in [-0.25, -0.2) is 0 Å². The highest BCUT2D eigenvalue weighted by atomic mass is 35.5. The first kappa shape index (κ1) is 15.6. The summed E-state index contributed by atoms with van der Waals surface area (Å²) in [6, 6.07) is 6.98. The zero-order valence-electron chi connectivity index (χ0n) is 11.3. The van der Waals surface area contributed by atoms with E-state index in [0.29, 0.717) is 9.93 Å². The van der Waals surface area contributed by atoms with Crippen LogP contribution in [0.3, 0.4) is 0 Å². The van der Waals surface area contributed by atoms with Crippen molar-refractivity contribution >= 4 is 46.5 Å². The number of nitrogens with one attached hydrogen (secondary N) is 1. The van der Waals surface area contributed by atoms with Gasteiger partial charge in [-0.05, 0) is 35.5 Å². The van der Waals surface area contributed by atoms with Gasteiger partial charge in [-0.1, -0.05) is 23.7 Å². The Morgan fingerprint density at radius 3 is 2.62 bits per heavy atom. The lowest BCUT2D eigenvalue weighted by Crippen LogP contribution is -2.36. The Labute approximate surface area is 131 Å². The molecule has 1 aromatic rings. The smallest absolute Gasteiger partial charge is 0.293 e. The predicted octanol–water partition coefficient (Wildman–Crippen LogP) is 2.51. The van der Waals surface area contributed by atoms with E-state index in [1.165, 1.54) is 6.92 Å². The lowest BCUT2D eigenvalue weighted by molar-refractivity contribution is -0.123. The molecule has 0 unspecified atom stereocenters. The molecule has 0 spiro atoms. The van der Waals surface area contributed by atoms with Gasteiger partial charge in [0.2, 0.25) is 5.91 Å². The highest BCUT2D eigenvalue weighted by molar-refractivity contribution is 8.18. The van der Waals surface area contributed by atoms with Crippen molar-refractivity contribution in [1.29, 1.82) is 0 Å². The van der Waals surface area contributed by atoms with Gasteiger partial charge in [-0.2, -0.15) is 0 Å². The summed E-state index contributed by atoms with van der Waals surface area (Å²) in [5, 5.41) is 2.83. The summed E-state index contributed by atoms with van der Waals surface area (Å²) in [6.07, 6.45) is 1.65. The maximum absolute atomic E-state index is 12.1. The molecule has 5 nitrogen and oxygen atoms in total. The van der Waals surface area contributed by atoms with Crippen molar-refractivity contribution < 1.29 is 14.4 Å². The van der Waals surface area contributed by atoms with E-state index >= 15 is 0 Å². The van der Waals surface area contributed by atoms with Crippen molar-refractivity contribution in [3.05, 3.63) is 39.8 Å². The molecule has 7 heteroatoms. The van der Waals surface area contributed by atoms with Gasteiger partial charge in [-0.15, -0.1) is 0 Å². The molecular formula is C14H13ClN2O3S. The van der Waals surface area contributed by atoms with Gasteiger partial charge in [0.1, 0.15) is 0 Å². The minimum Gasteiger partial charge on any atom is -0.355 e. The van der Waals surface area contributed by atoms with E-state index in [1.54, 1.807) is 30.3 Å². The molecular weight excluding hydrogens is 312 g/mol. The Morgan fingerprint density at radius 1 is 1.33 bits per heavy atom. The van der Waals surface area contributed by atoms with Crippen LogP contribution in [-0.4, -0.2) is 35.0 Å². The molecule has 110 valence electrons. The summed E-state index contributed by atoms with van der Waals surface area (Å²) in [5.41, 5.74) is 0.798. The van der Waals surface area contributed by atoms with Crippen LogP contribution in [0.2, 0.25) is 5.02 Å². The number of hydrogen-bond acceptors (Lipinski definition) is 4. The molecule has 21 heavy (non-hydrogen) atoms. The fraction of sp³-hybridized carbons (Fsp3) is 0.214. The van der Waals surface area contributed by atoms with Gasteiger partial charge < -0.3 is 5.32 Å². The van der Waals surface area contributed by atoms with Gasteiger partial charge >= 0.3 is 0 Å². The lowest BCUT2D eigenvalue weighted by Gasteiger charge is -2.12. The summed E-state index contributed by atoms with van der Waals surface area (Å²) >= 11 is 6.69. The Kier molecular flexibility index (Phi) is 5.03. The monoisotopic (exact) mass is 324 g/mol. The number of hydrogen-bond donors (Lipinski definition) is 1. The number of carbonyl (C=O) groups excluding carboxylic acids is 3. The molecule has 0 aromatic heterocycles. The molecule has 1 aromatic carbocycles. The highest BCUT2D eigenvalue weighted by Gasteiger charge is 2.34. The first-order chi connectivity index (χ1) is 9.97. The van der Waals surface area contributed by atoms with Crippen LogP contribution in [0.1, 0.15) is 12.5 Å². The average Bonchev–Trinajstić information content (AvgIpc) is 2.68. The minimum absolute atomic E-state index is 0.169. The SMILES string of the molecule is CC(=O)NCCN1C(=O)S/C(=C\c2ccc(Cl)cc2)C1=O. The van der Waals surface area contributed by atoms with Crippen LogP contribution in [0.25, 0.3) is 6.08 Å². The molecule has 1 saturated heterocycles. The molecule has 1 aliphatic heterocycles. The van der Waals surface area contributed by atoms with Crippen LogP contribution in [0.4, 0.5) is 4.79 Å². The van der Waals surface area contributed by atoms with E-state index in [4.69, 9.17) is 11.6 Å². The zero-order valence-corrected chi connectivity index (χ0v) is 12.8. The molecule has 0 bridgehead atoms. The van der Waals surface area contributed by atoms with Crippen molar-refractivity contribution in [2.75, 3.05) is 13.1 Å². The van der Waals surface area contributed by atoms with Gasteiger partial charge in [0.25, 0.3) is 11.1 Å². The summed E-state index contributed by atoms with van der Waals surface area (Å²) in [4.78, 5) is 36.2. The molecule has 0 radical (unpaired) electrons. The molecule has 1 N–H and O–H groups in total. The second kappa shape index (κ2) is 6.78. The van der Waals surface area contributed by atoms with Gasteiger partial charge in [0.15, 0.2) is 0 Å². The van der Waals surface area contributed by atoms with E-state index < -0.39 is 0 Å². The van der Waals surface area contributed by atoms with Crippen LogP contribution in [0.15, 0.2) is 29.2 Å². The van der Waals surface area contributed by atoms with Crippen molar-refractivity contribution in [3.8, 4) is 0 Å². The molecule has 0 atom stereocenters. The van der Waals surface area contributed by atoms with Crippen LogP contribution in [0.5, 0.6) is 0 Å². The van der Waals surface area contributed by atoms with Crippen LogP contribution >= 0.6 is 23.4 Å². The van der Waals surface area contributed by atoms with Gasteiger partial charge in [0.05, 0.1) is 4.91 Å². The van der Waals surface area contributed by atoms with Crippen molar-refractivity contribution in [2.45, 2.75) is 6.92 Å². The summed E-state index contributed by atoms with van der Waals surface area (Å²) < 4.78 is 0. The Bertz CT molecular complexity index is 613.